The summed E-state index contributed by atoms with van der Waals surface area (Å²) in [5.41, 5.74) is 1.40. The summed E-state index contributed by atoms with van der Waals surface area (Å²) in [6.45, 7) is -0.0589. The molecule has 1 aromatic heterocycles. The third-order valence-electron chi connectivity index (χ3n) is 3.93. The third kappa shape index (κ3) is 4.35. The highest BCUT2D eigenvalue weighted by Gasteiger charge is 2.16. The van der Waals surface area contributed by atoms with Crippen LogP contribution >= 0.6 is 11.6 Å². The van der Waals surface area contributed by atoms with Gasteiger partial charge in [0.05, 0.1) is 19.9 Å². The lowest BCUT2D eigenvalue weighted by molar-refractivity contribution is -0.119. The molecule has 27 heavy (non-hydrogen) atoms. The van der Waals surface area contributed by atoms with Gasteiger partial charge in [0.2, 0.25) is 11.7 Å². The molecule has 0 atom stereocenters. The molecule has 0 bridgehead atoms. The van der Waals surface area contributed by atoms with Gasteiger partial charge in [-0.3, -0.25) is 4.79 Å². The number of carbonyl (C=O) groups is 1. The van der Waals surface area contributed by atoms with Crippen LogP contribution in [0.3, 0.4) is 0 Å². The topological polar surface area (TPSA) is 82.4 Å². The van der Waals surface area contributed by atoms with Gasteiger partial charge in [-0.1, -0.05) is 11.6 Å². The lowest BCUT2D eigenvalue weighted by Gasteiger charge is -2.18. The molecule has 0 N–H and O–H groups in total. The molecule has 0 fully saturated rings. The maximum Gasteiger partial charge on any atom is 0.250 e. The minimum Gasteiger partial charge on any atom is -0.497 e. The summed E-state index contributed by atoms with van der Waals surface area (Å²) < 4.78 is 10.5. The van der Waals surface area contributed by atoms with Crippen molar-refractivity contribution in [3.8, 4) is 22.9 Å². The van der Waals surface area contributed by atoms with Crippen LogP contribution in [0.2, 0.25) is 5.02 Å². The Kier molecular flexibility index (Phi) is 5.56. The molecule has 9 heteroatoms. The van der Waals surface area contributed by atoms with Crippen LogP contribution in [0.25, 0.3) is 11.4 Å². The van der Waals surface area contributed by atoms with Crippen molar-refractivity contribution in [3.63, 3.8) is 0 Å². The molecule has 1 heterocycles. The van der Waals surface area contributed by atoms with Gasteiger partial charge in [0.15, 0.2) is 0 Å². The van der Waals surface area contributed by atoms with Crippen LogP contribution < -0.4 is 14.4 Å². The van der Waals surface area contributed by atoms with E-state index < -0.39 is 0 Å². The number of carbonyl (C=O) groups excluding carboxylic acids is 1. The van der Waals surface area contributed by atoms with Crippen LogP contribution in [0.4, 0.5) is 5.69 Å². The van der Waals surface area contributed by atoms with Gasteiger partial charge < -0.3 is 14.4 Å². The number of tetrazole rings is 1. The quantitative estimate of drug-likeness (QED) is 0.646. The van der Waals surface area contributed by atoms with Gasteiger partial charge in [-0.2, -0.15) is 4.80 Å². The molecule has 8 nitrogen and oxygen atoms in total. The largest absolute Gasteiger partial charge is 0.497 e. The highest BCUT2D eigenvalue weighted by Crippen LogP contribution is 2.28. The van der Waals surface area contributed by atoms with E-state index in [1.165, 1.54) is 9.70 Å². The first-order valence-electron chi connectivity index (χ1n) is 8.03. The van der Waals surface area contributed by atoms with E-state index in [-0.39, 0.29) is 12.5 Å². The molecular formula is C18H18ClN5O3. The summed E-state index contributed by atoms with van der Waals surface area (Å²) in [5, 5.41) is 12.8. The number of anilines is 1. The Labute approximate surface area is 161 Å². The molecule has 0 aliphatic carbocycles. The number of methoxy groups -OCH3 is 2. The fourth-order valence-electron chi connectivity index (χ4n) is 2.38. The molecule has 2 aromatic carbocycles. The van der Waals surface area contributed by atoms with Crippen molar-refractivity contribution in [3.05, 3.63) is 47.5 Å². The monoisotopic (exact) mass is 387 g/mol. The minimum atomic E-state index is -0.217. The van der Waals surface area contributed by atoms with Crippen LogP contribution in [0, 0.1) is 0 Å². The standard InChI is InChI=1S/C18H18ClN5O3/c1-23(14-8-15(26-2)10-16(9-14)27-3)17(25)11-24-21-18(20-22-24)12-4-6-13(19)7-5-12/h4-10H,11H2,1-3H3. The molecule has 0 spiro atoms. The zero-order valence-electron chi connectivity index (χ0n) is 15.1. The second kappa shape index (κ2) is 8.05. The maximum atomic E-state index is 12.6. The minimum absolute atomic E-state index is 0.0589. The normalized spacial score (nSPS) is 10.5. The molecule has 0 saturated carbocycles. The lowest BCUT2D eigenvalue weighted by atomic mass is 10.2. The van der Waals surface area contributed by atoms with E-state index >= 15 is 0 Å². The van der Waals surface area contributed by atoms with Crippen LogP contribution in [0.15, 0.2) is 42.5 Å². The Morgan fingerprint density at radius 1 is 1.11 bits per heavy atom. The van der Waals surface area contributed by atoms with Crippen molar-refractivity contribution in [2.75, 3.05) is 26.2 Å². The first-order valence-corrected chi connectivity index (χ1v) is 8.41. The van der Waals surface area contributed by atoms with Crippen molar-refractivity contribution >= 4 is 23.2 Å². The van der Waals surface area contributed by atoms with E-state index in [1.54, 1.807) is 63.7 Å². The van der Waals surface area contributed by atoms with Crippen molar-refractivity contribution in [2.45, 2.75) is 6.54 Å². The summed E-state index contributed by atoms with van der Waals surface area (Å²) in [5.74, 6) is 1.39. The Morgan fingerprint density at radius 2 is 1.74 bits per heavy atom. The lowest BCUT2D eigenvalue weighted by Crippen LogP contribution is -2.30. The zero-order valence-corrected chi connectivity index (χ0v) is 15.8. The Morgan fingerprint density at radius 3 is 2.33 bits per heavy atom. The van der Waals surface area contributed by atoms with Crippen LogP contribution in [-0.2, 0) is 11.3 Å². The summed E-state index contributed by atoms with van der Waals surface area (Å²) in [6, 6.07) is 12.3. The van der Waals surface area contributed by atoms with E-state index in [0.717, 1.165) is 5.56 Å². The zero-order chi connectivity index (χ0) is 19.4. The molecule has 3 rings (SSSR count). The highest BCUT2D eigenvalue weighted by molar-refractivity contribution is 6.30. The molecular weight excluding hydrogens is 370 g/mol. The SMILES string of the molecule is COc1cc(OC)cc(N(C)C(=O)Cn2nnc(-c3ccc(Cl)cc3)n2)c1. The summed E-state index contributed by atoms with van der Waals surface area (Å²) in [6.07, 6.45) is 0. The molecule has 3 aromatic rings. The Bertz CT molecular complexity index is 920. The number of amides is 1. The summed E-state index contributed by atoms with van der Waals surface area (Å²) >= 11 is 5.88. The number of halogens is 1. The van der Waals surface area contributed by atoms with Crippen LogP contribution in [0.1, 0.15) is 0 Å². The van der Waals surface area contributed by atoms with Gasteiger partial charge in [0.25, 0.3) is 0 Å². The third-order valence-corrected chi connectivity index (χ3v) is 4.18. The second-order valence-electron chi connectivity index (χ2n) is 5.67. The number of rotatable bonds is 6. The smallest absolute Gasteiger partial charge is 0.250 e. The predicted octanol–water partition coefficient (Wildman–Crippen LogP) is 2.67. The van der Waals surface area contributed by atoms with Gasteiger partial charge in [-0.15, -0.1) is 10.2 Å². The number of hydrogen-bond acceptors (Lipinski definition) is 6. The van der Waals surface area contributed by atoms with Gasteiger partial charge in [0.1, 0.15) is 18.0 Å². The van der Waals surface area contributed by atoms with Crippen molar-refractivity contribution in [1.82, 2.24) is 20.2 Å². The maximum absolute atomic E-state index is 12.6. The Hall–Kier alpha value is -3.13. The number of hydrogen-bond donors (Lipinski definition) is 0. The number of ether oxygens (including phenoxy) is 2. The van der Waals surface area contributed by atoms with Gasteiger partial charge >= 0.3 is 0 Å². The number of nitrogens with zero attached hydrogens (tertiary/aromatic N) is 5. The Balaban J connectivity index is 1.74. The first-order chi connectivity index (χ1) is 13.0. The van der Waals surface area contributed by atoms with Gasteiger partial charge in [-0.05, 0) is 29.5 Å². The van der Waals surface area contributed by atoms with E-state index in [1.807, 2.05) is 0 Å². The number of aromatic nitrogens is 4. The summed E-state index contributed by atoms with van der Waals surface area (Å²) in [4.78, 5) is 15.3. The van der Waals surface area contributed by atoms with Gasteiger partial charge in [0, 0.05) is 35.8 Å². The van der Waals surface area contributed by atoms with E-state index in [9.17, 15) is 4.79 Å². The van der Waals surface area contributed by atoms with Crippen LogP contribution in [-0.4, -0.2) is 47.4 Å². The van der Waals surface area contributed by atoms with E-state index in [4.69, 9.17) is 21.1 Å². The summed E-state index contributed by atoms with van der Waals surface area (Å²) in [7, 11) is 4.77. The predicted molar refractivity (Wildman–Crippen MR) is 101 cm³/mol. The van der Waals surface area contributed by atoms with Crippen molar-refractivity contribution in [1.29, 1.82) is 0 Å². The first kappa shape index (κ1) is 18.7. The molecule has 1 amide bonds. The molecule has 0 saturated heterocycles. The average molecular weight is 388 g/mol. The van der Waals surface area contributed by atoms with Crippen molar-refractivity contribution < 1.29 is 14.3 Å². The molecule has 0 unspecified atom stereocenters. The van der Waals surface area contributed by atoms with Gasteiger partial charge in [-0.25, -0.2) is 0 Å². The van der Waals surface area contributed by atoms with E-state index in [0.29, 0.717) is 28.0 Å². The van der Waals surface area contributed by atoms with Crippen molar-refractivity contribution in [2.24, 2.45) is 0 Å². The number of benzene rings is 2. The molecule has 0 aliphatic heterocycles. The average Bonchev–Trinajstić information content (AvgIpc) is 3.15. The van der Waals surface area contributed by atoms with Crippen LogP contribution in [0.5, 0.6) is 11.5 Å². The second-order valence-corrected chi connectivity index (χ2v) is 6.11. The fraction of sp³-hybridized carbons (Fsp3) is 0.222. The molecule has 0 aliphatic rings. The highest BCUT2D eigenvalue weighted by atomic mass is 35.5. The molecule has 0 radical (unpaired) electrons. The van der Waals surface area contributed by atoms with E-state index in [2.05, 4.69) is 15.4 Å². The fourth-order valence-corrected chi connectivity index (χ4v) is 2.51. The number of likely N-dealkylation sites (N-methyl/N-ethyl adjacent to an activating group) is 1. The molecule has 140 valence electrons.